The molecule has 3 saturated carbocycles. The molecular formula is C52H61F2NO12S. The number of hydrogen-bond acceptors (Lipinski definition) is 13. The van der Waals surface area contributed by atoms with Gasteiger partial charge >= 0.3 is 6.15 Å². The maximum atomic E-state index is 17.7. The van der Waals surface area contributed by atoms with Gasteiger partial charge in [0.05, 0.1) is 23.5 Å². The van der Waals surface area contributed by atoms with Gasteiger partial charge in [0.15, 0.2) is 34.9 Å². The topological polar surface area (TPSA) is 208 Å². The Kier molecular flexibility index (Phi) is 16.2. The summed E-state index contributed by atoms with van der Waals surface area (Å²) in [5.41, 5.74) is -3.65. The number of rotatable bonds is 18. The van der Waals surface area contributed by atoms with Crippen LogP contribution in [0.4, 0.5) is 8.78 Å². The number of hydrogen-bond donors (Lipinski definition) is 3. The average molecular weight is 962 g/mol. The van der Waals surface area contributed by atoms with Crippen LogP contribution in [0.5, 0.6) is 0 Å². The molecule has 2 aromatic carbocycles. The Morgan fingerprint density at radius 1 is 0.956 bits per heavy atom. The first kappa shape index (κ1) is 52.5. The van der Waals surface area contributed by atoms with Crippen molar-refractivity contribution in [2.24, 2.45) is 28.6 Å². The first-order chi connectivity index (χ1) is 32.1. The first-order valence-corrected chi connectivity index (χ1v) is 24.4. The van der Waals surface area contributed by atoms with Gasteiger partial charge in [0.25, 0.3) is 0 Å². The van der Waals surface area contributed by atoms with Gasteiger partial charge in [-0.15, -0.1) is 0 Å². The third-order valence-corrected chi connectivity index (χ3v) is 16.4. The van der Waals surface area contributed by atoms with Gasteiger partial charge in [-0.2, -0.15) is 21.4 Å². The minimum Gasteiger partial charge on any atom is -0.390 e. The molecule has 4 aliphatic carbocycles. The number of carbonyl (C=O) groups excluding carboxylic acids is 8. The summed E-state index contributed by atoms with van der Waals surface area (Å²) >= 11 is 1.47. The zero-order valence-electron chi connectivity index (χ0n) is 39.3. The van der Waals surface area contributed by atoms with Crippen LogP contribution in [0.15, 0.2) is 72.3 Å². The Labute approximate surface area is 399 Å². The second-order valence-corrected chi connectivity index (χ2v) is 20.7. The highest BCUT2D eigenvalue weighted by atomic mass is 32.2. The molecule has 16 heteroatoms. The number of alkyl halides is 2. The SMILES string of the molecule is CSC(C)C(=O)CCCC(=O)C[C@@H](C)C(=O)N[C@@H](C)C(=O)Cc1cccc(Cc2ccc([C@@H]3O[C@@H]4C[C@H]5[C@@H]6C[C@H](F)C7=CC(=O)C=C[C@]7(C)[C@@]6(F)[C@@H](O)C[C@]5(C)[C@]4(C(=O)CO)O3)cc2)c1.O=C=O. The molecule has 68 heavy (non-hydrogen) atoms. The first-order valence-electron chi connectivity index (χ1n) is 23.1. The van der Waals surface area contributed by atoms with Crippen molar-refractivity contribution in [3.8, 4) is 0 Å². The fourth-order valence-electron chi connectivity index (χ4n) is 11.7. The Balaban J connectivity index is 0.00000247. The molecule has 1 amide bonds. The van der Waals surface area contributed by atoms with Crippen LogP contribution in [0, 0.1) is 28.6 Å². The lowest BCUT2D eigenvalue weighted by atomic mass is 9.44. The molecule has 1 aliphatic heterocycles. The number of nitrogens with one attached hydrogen (secondary N) is 1. The molecule has 3 N–H and O–H groups in total. The maximum Gasteiger partial charge on any atom is 0.373 e. The molecule has 4 fully saturated rings. The minimum absolute atomic E-state index is 0.00856. The van der Waals surface area contributed by atoms with Crippen LogP contribution in [0.25, 0.3) is 0 Å². The molecule has 5 aliphatic rings. The summed E-state index contributed by atoms with van der Waals surface area (Å²) in [6.07, 6.45) is 1.89. The van der Waals surface area contributed by atoms with Gasteiger partial charge in [-0.05, 0) is 99.5 Å². The van der Waals surface area contributed by atoms with E-state index >= 15 is 8.78 Å². The number of carbonyl (C=O) groups is 6. The molecular weight excluding hydrogens is 901 g/mol. The predicted molar refractivity (Wildman–Crippen MR) is 245 cm³/mol. The van der Waals surface area contributed by atoms with Crippen molar-refractivity contribution in [1.29, 1.82) is 0 Å². The van der Waals surface area contributed by atoms with Gasteiger partial charge in [-0.1, -0.05) is 68.5 Å². The van der Waals surface area contributed by atoms with Gasteiger partial charge in [0.2, 0.25) is 5.91 Å². The number of halogens is 2. The van der Waals surface area contributed by atoms with Crippen molar-refractivity contribution in [3.05, 3.63) is 94.6 Å². The van der Waals surface area contributed by atoms with Crippen molar-refractivity contribution in [2.45, 2.75) is 140 Å². The van der Waals surface area contributed by atoms with Gasteiger partial charge in [-0.25, -0.2) is 8.78 Å². The number of Topliss-reactive ketones (excluding diaryl/α,β-unsaturated/α-hetero) is 4. The lowest BCUT2D eigenvalue weighted by Crippen LogP contribution is -2.70. The van der Waals surface area contributed by atoms with E-state index in [1.807, 2.05) is 61.7 Å². The number of ether oxygens (including phenoxy) is 2. The van der Waals surface area contributed by atoms with Gasteiger partial charge < -0.3 is 25.0 Å². The van der Waals surface area contributed by atoms with E-state index in [2.05, 4.69) is 5.32 Å². The molecule has 0 aromatic heterocycles. The molecule has 13 nitrogen and oxygen atoms in total. The van der Waals surface area contributed by atoms with E-state index in [9.17, 15) is 39.0 Å². The molecule has 0 bridgehead atoms. The third-order valence-electron chi connectivity index (χ3n) is 15.5. The normalized spacial score (nSPS) is 32.3. The van der Waals surface area contributed by atoms with Gasteiger partial charge in [-0.3, -0.25) is 28.8 Å². The molecule has 0 spiro atoms. The lowest BCUT2D eigenvalue weighted by molar-refractivity contribution is -0.235. The highest BCUT2D eigenvalue weighted by Gasteiger charge is 2.80. The van der Waals surface area contributed by atoms with E-state index < -0.39 is 88.7 Å². The number of benzene rings is 2. The van der Waals surface area contributed by atoms with Crippen LogP contribution >= 0.6 is 11.8 Å². The number of aliphatic hydroxyl groups is 2. The largest absolute Gasteiger partial charge is 0.390 e. The zero-order chi connectivity index (χ0) is 49.9. The molecule has 7 rings (SSSR count). The van der Waals surface area contributed by atoms with Crippen molar-refractivity contribution < 1.29 is 66.8 Å². The summed E-state index contributed by atoms with van der Waals surface area (Å²) in [5, 5.41) is 24.8. The van der Waals surface area contributed by atoms with Crippen LogP contribution in [0.2, 0.25) is 0 Å². The number of ketones is 5. The Bertz CT molecular complexity index is 2380. The highest BCUT2D eigenvalue weighted by molar-refractivity contribution is 7.99. The summed E-state index contributed by atoms with van der Waals surface area (Å²) in [5.74, 6) is -3.97. The Hall–Kier alpha value is -4.83. The maximum absolute atomic E-state index is 17.7. The van der Waals surface area contributed by atoms with E-state index in [1.54, 1.807) is 20.8 Å². The van der Waals surface area contributed by atoms with Crippen molar-refractivity contribution in [2.75, 3.05) is 12.9 Å². The monoisotopic (exact) mass is 961 g/mol. The minimum atomic E-state index is -2.34. The van der Waals surface area contributed by atoms with Crippen LogP contribution in [0.3, 0.4) is 0 Å². The molecule has 0 radical (unpaired) electrons. The van der Waals surface area contributed by atoms with Gasteiger partial charge in [0, 0.05) is 53.9 Å². The Morgan fingerprint density at radius 2 is 1.63 bits per heavy atom. The molecule has 13 atom stereocenters. The standard InChI is InChI=1S/C51H61F2NO10S.CO2/c1-28(19-35(56)11-8-12-41(58)30(3)65-6)46(62)54-29(2)42(59)22-33-10-7-9-32(21-33)20-31-13-15-34(16-14-31)47-63-45-25-37-38-24-40(52)39-23-36(57)17-18-48(39,4)50(38,53)43(60)26-49(37,5)51(45,64-47)44(61)27-55;2-1-3/h7,9-10,13-18,21,23,28-30,37-38,40,43,45,47,55,60H,8,11-12,19-20,22,24-27H2,1-6H3,(H,54,62);/t28-,29+,30?,37+,38+,40+,43+,45-,47-,48+,49+,50+,51-;/m1./s1. The van der Waals surface area contributed by atoms with Crippen LogP contribution in [-0.4, -0.2) is 105 Å². The molecule has 2 aromatic rings. The van der Waals surface area contributed by atoms with Crippen LogP contribution in [0.1, 0.15) is 108 Å². The number of thioether (sulfide) groups is 1. The fraction of sp³-hybridized carbons (Fsp3) is 0.558. The predicted octanol–water partition coefficient (Wildman–Crippen LogP) is 6.04. The van der Waals surface area contributed by atoms with E-state index in [0.717, 1.165) is 22.8 Å². The van der Waals surface area contributed by atoms with Crippen LogP contribution < -0.4 is 5.32 Å². The summed E-state index contributed by atoms with van der Waals surface area (Å²) in [6.45, 7) is 7.51. The van der Waals surface area contributed by atoms with Crippen molar-refractivity contribution in [3.63, 3.8) is 0 Å². The second kappa shape index (κ2) is 21.0. The van der Waals surface area contributed by atoms with Crippen molar-refractivity contribution in [1.82, 2.24) is 5.32 Å². The molecule has 1 unspecified atom stereocenters. The number of fused-ring (bicyclic) bond motifs is 7. The second-order valence-electron chi connectivity index (χ2n) is 19.5. The number of amides is 1. The van der Waals surface area contributed by atoms with Gasteiger partial charge in [0.1, 0.15) is 24.3 Å². The van der Waals surface area contributed by atoms with Crippen molar-refractivity contribution >= 4 is 52.7 Å². The average Bonchev–Trinajstić information content (AvgIpc) is 3.80. The lowest BCUT2D eigenvalue weighted by Gasteiger charge is -2.63. The smallest absolute Gasteiger partial charge is 0.373 e. The molecule has 1 heterocycles. The summed E-state index contributed by atoms with van der Waals surface area (Å²) in [6, 6.07) is 14.2. The summed E-state index contributed by atoms with van der Waals surface area (Å²) in [7, 11) is 0. The third kappa shape index (κ3) is 9.69. The number of aliphatic hydroxyl groups excluding tert-OH is 2. The summed E-state index contributed by atoms with van der Waals surface area (Å²) in [4.78, 5) is 93.1. The zero-order valence-corrected chi connectivity index (χ0v) is 40.1. The summed E-state index contributed by atoms with van der Waals surface area (Å²) < 4.78 is 46.8. The van der Waals surface area contributed by atoms with E-state index in [4.69, 9.17) is 19.1 Å². The molecule has 366 valence electrons. The quantitative estimate of drug-likeness (QED) is 0.156. The van der Waals surface area contributed by atoms with E-state index in [1.165, 1.54) is 30.8 Å². The van der Waals surface area contributed by atoms with E-state index in [-0.39, 0.29) is 78.8 Å². The van der Waals surface area contributed by atoms with E-state index in [0.29, 0.717) is 24.8 Å². The fourth-order valence-corrected chi connectivity index (χ4v) is 12.1. The highest BCUT2D eigenvalue weighted by Crippen LogP contribution is 2.72. The molecule has 1 saturated heterocycles. The Morgan fingerprint density at radius 3 is 2.29 bits per heavy atom. The number of allylic oxidation sites excluding steroid dienone is 4. The van der Waals surface area contributed by atoms with Crippen LogP contribution in [-0.2, 0) is 60.7 Å².